The molecule has 1 aromatic heterocycles. The molecule has 6 heteroatoms. The summed E-state index contributed by atoms with van der Waals surface area (Å²) in [4.78, 5) is 7.96. The molecule has 0 aliphatic carbocycles. The second-order valence-corrected chi connectivity index (χ2v) is 4.62. The van der Waals surface area contributed by atoms with E-state index in [1.807, 2.05) is 6.92 Å². The third kappa shape index (κ3) is 4.31. The van der Waals surface area contributed by atoms with Crippen LogP contribution in [0.5, 0.6) is 0 Å². The quantitative estimate of drug-likeness (QED) is 0.829. The van der Waals surface area contributed by atoms with Crippen molar-refractivity contribution in [1.82, 2.24) is 9.97 Å². The molecule has 0 aromatic carbocycles. The Bertz CT molecular complexity index is 396. The van der Waals surface area contributed by atoms with Crippen molar-refractivity contribution in [2.24, 2.45) is 0 Å². The SMILES string of the molecule is CCNc1ncc(F)c(NCCC2CCCCO2)n1. The van der Waals surface area contributed by atoms with E-state index in [4.69, 9.17) is 4.74 Å². The van der Waals surface area contributed by atoms with Crippen LogP contribution in [0.3, 0.4) is 0 Å². The first kappa shape index (κ1) is 14.0. The molecule has 106 valence electrons. The topological polar surface area (TPSA) is 59.1 Å². The molecular formula is C13H21FN4O. The van der Waals surface area contributed by atoms with Gasteiger partial charge in [0.25, 0.3) is 0 Å². The lowest BCUT2D eigenvalue weighted by Crippen LogP contribution is -2.22. The second-order valence-electron chi connectivity index (χ2n) is 4.62. The van der Waals surface area contributed by atoms with Gasteiger partial charge in [0, 0.05) is 19.7 Å². The number of halogens is 1. The Morgan fingerprint density at radius 3 is 3.05 bits per heavy atom. The van der Waals surface area contributed by atoms with E-state index in [9.17, 15) is 4.39 Å². The Labute approximate surface area is 113 Å². The molecule has 0 bridgehead atoms. The predicted octanol–water partition coefficient (Wildman–Crippen LogP) is 2.42. The number of hydrogen-bond acceptors (Lipinski definition) is 5. The fraction of sp³-hybridized carbons (Fsp3) is 0.692. The molecule has 1 aromatic rings. The summed E-state index contributed by atoms with van der Waals surface area (Å²) in [6.07, 6.45) is 5.81. The zero-order valence-corrected chi connectivity index (χ0v) is 11.3. The zero-order valence-electron chi connectivity index (χ0n) is 11.3. The van der Waals surface area contributed by atoms with Crippen molar-refractivity contribution in [2.75, 3.05) is 30.3 Å². The van der Waals surface area contributed by atoms with Gasteiger partial charge in [0.2, 0.25) is 5.95 Å². The summed E-state index contributed by atoms with van der Waals surface area (Å²) in [6, 6.07) is 0. The highest BCUT2D eigenvalue weighted by Crippen LogP contribution is 2.16. The Kier molecular flexibility index (Phi) is 5.32. The van der Waals surface area contributed by atoms with Crippen LogP contribution < -0.4 is 10.6 Å². The zero-order chi connectivity index (χ0) is 13.5. The van der Waals surface area contributed by atoms with Crippen LogP contribution in [0, 0.1) is 5.82 Å². The van der Waals surface area contributed by atoms with Gasteiger partial charge < -0.3 is 15.4 Å². The Hall–Kier alpha value is -1.43. The van der Waals surface area contributed by atoms with E-state index in [1.165, 1.54) is 12.6 Å². The van der Waals surface area contributed by atoms with Gasteiger partial charge >= 0.3 is 0 Å². The van der Waals surface area contributed by atoms with Crippen molar-refractivity contribution in [2.45, 2.75) is 38.7 Å². The van der Waals surface area contributed by atoms with E-state index in [0.717, 1.165) is 25.9 Å². The minimum Gasteiger partial charge on any atom is -0.378 e. The van der Waals surface area contributed by atoms with Crippen LogP contribution in [0.15, 0.2) is 6.20 Å². The second kappa shape index (κ2) is 7.23. The summed E-state index contributed by atoms with van der Waals surface area (Å²) in [7, 11) is 0. The molecular weight excluding hydrogens is 247 g/mol. The van der Waals surface area contributed by atoms with Crippen LogP contribution in [-0.4, -0.2) is 35.8 Å². The lowest BCUT2D eigenvalue weighted by Gasteiger charge is -2.22. The normalized spacial score (nSPS) is 19.2. The Morgan fingerprint density at radius 1 is 1.42 bits per heavy atom. The summed E-state index contributed by atoms with van der Waals surface area (Å²) in [5.74, 6) is 0.272. The number of rotatable bonds is 6. The standard InChI is InChI=1S/C13H21FN4O/c1-2-15-13-17-9-11(14)12(18-13)16-7-6-10-5-3-4-8-19-10/h9-10H,2-8H2,1H3,(H2,15,16,17,18). The Morgan fingerprint density at radius 2 is 2.32 bits per heavy atom. The van der Waals surface area contributed by atoms with Crippen molar-refractivity contribution >= 4 is 11.8 Å². The number of aromatic nitrogens is 2. The molecule has 0 saturated carbocycles. The number of hydrogen-bond donors (Lipinski definition) is 2. The molecule has 1 unspecified atom stereocenters. The number of anilines is 2. The van der Waals surface area contributed by atoms with Crippen LogP contribution >= 0.6 is 0 Å². The van der Waals surface area contributed by atoms with Crippen LogP contribution in [0.1, 0.15) is 32.6 Å². The summed E-state index contributed by atoms with van der Waals surface area (Å²) >= 11 is 0. The monoisotopic (exact) mass is 268 g/mol. The highest BCUT2D eigenvalue weighted by atomic mass is 19.1. The lowest BCUT2D eigenvalue weighted by molar-refractivity contribution is 0.0134. The maximum atomic E-state index is 13.5. The van der Waals surface area contributed by atoms with Crippen molar-refractivity contribution in [3.8, 4) is 0 Å². The van der Waals surface area contributed by atoms with Gasteiger partial charge in [-0.1, -0.05) is 0 Å². The summed E-state index contributed by atoms with van der Waals surface area (Å²) in [5, 5.41) is 5.97. The molecule has 2 rings (SSSR count). The van der Waals surface area contributed by atoms with E-state index < -0.39 is 5.82 Å². The smallest absolute Gasteiger partial charge is 0.224 e. The van der Waals surface area contributed by atoms with E-state index in [1.54, 1.807) is 0 Å². The summed E-state index contributed by atoms with van der Waals surface area (Å²) in [5.41, 5.74) is 0. The van der Waals surface area contributed by atoms with E-state index in [2.05, 4.69) is 20.6 Å². The summed E-state index contributed by atoms with van der Waals surface area (Å²) < 4.78 is 19.2. The average molecular weight is 268 g/mol. The van der Waals surface area contributed by atoms with Gasteiger partial charge in [-0.15, -0.1) is 0 Å². The number of nitrogens with one attached hydrogen (secondary N) is 2. The van der Waals surface area contributed by atoms with Crippen LogP contribution in [0.4, 0.5) is 16.2 Å². The molecule has 0 radical (unpaired) electrons. The maximum Gasteiger partial charge on any atom is 0.224 e. The first-order valence-electron chi connectivity index (χ1n) is 6.91. The van der Waals surface area contributed by atoms with Crippen molar-refractivity contribution in [1.29, 1.82) is 0 Å². The van der Waals surface area contributed by atoms with E-state index >= 15 is 0 Å². The highest BCUT2D eigenvalue weighted by Gasteiger charge is 2.14. The van der Waals surface area contributed by atoms with E-state index in [-0.39, 0.29) is 5.82 Å². The molecule has 1 atom stereocenters. The molecule has 2 N–H and O–H groups in total. The van der Waals surface area contributed by atoms with Gasteiger partial charge in [-0.05, 0) is 32.6 Å². The fourth-order valence-electron chi connectivity index (χ4n) is 2.12. The highest BCUT2D eigenvalue weighted by molar-refractivity contribution is 5.40. The molecule has 2 heterocycles. The average Bonchev–Trinajstić information content (AvgIpc) is 2.44. The van der Waals surface area contributed by atoms with Gasteiger partial charge in [0.1, 0.15) is 0 Å². The molecule has 0 amide bonds. The van der Waals surface area contributed by atoms with Gasteiger partial charge in [0.05, 0.1) is 12.3 Å². The largest absolute Gasteiger partial charge is 0.378 e. The molecule has 1 aliphatic heterocycles. The van der Waals surface area contributed by atoms with Crippen molar-refractivity contribution in [3.63, 3.8) is 0 Å². The van der Waals surface area contributed by atoms with Gasteiger partial charge in [-0.2, -0.15) is 4.98 Å². The molecule has 1 fully saturated rings. The number of ether oxygens (including phenoxy) is 1. The third-order valence-electron chi connectivity index (χ3n) is 3.11. The predicted molar refractivity (Wildman–Crippen MR) is 72.9 cm³/mol. The summed E-state index contributed by atoms with van der Waals surface area (Å²) in [6.45, 7) is 4.16. The van der Waals surface area contributed by atoms with Crippen LogP contribution in [-0.2, 0) is 4.74 Å². The molecule has 5 nitrogen and oxygen atoms in total. The van der Waals surface area contributed by atoms with Crippen molar-refractivity contribution < 1.29 is 9.13 Å². The van der Waals surface area contributed by atoms with Gasteiger partial charge in [-0.3, -0.25) is 0 Å². The third-order valence-corrected chi connectivity index (χ3v) is 3.11. The molecule has 0 spiro atoms. The first-order valence-corrected chi connectivity index (χ1v) is 6.91. The first-order chi connectivity index (χ1) is 9.29. The van der Waals surface area contributed by atoms with Gasteiger partial charge in [-0.25, -0.2) is 9.37 Å². The van der Waals surface area contributed by atoms with E-state index in [0.29, 0.717) is 25.1 Å². The van der Waals surface area contributed by atoms with Crippen LogP contribution in [0.25, 0.3) is 0 Å². The Balaban J connectivity index is 1.82. The maximum absolute atomic E-state index is 13.5. The fourth-order valence-corrected chi connectivity index (χ4v) is 2.12. The van der Waals surface area contributed by atoms with Gasteiger partial charge in [0.15, 0.2) is 11.6 Å². The lowest BCUT2D eigenvalue weighted by atomic mass is 10.1. The minimum atomic E-state index is -0.425. The molecule has 19 heavy (non-hydrogen) atoms. The number of nitrogens with zero attached hydrogens (tertiary/aromatic N) is 2. The van der Waals surface area contributed by atoms with Crippen LogP contribution in [0.2, 0.25) is 0 Å². The minimum absolute atomic E-state index is 0.252. The molecule has 1 aliphatic rings. The van der Waals surface area contributed by atoms with Crippen molar-refractivity contribution in [3.05, 3.63) is 12.0 Å². The molecule has 1 saturated heterocycles.